The first-order valence-corrected chi connectivity index (χ1v) is 9.05. The molecular formula is C17H18N3OS2+. The van der Waals surface area contributed by atoms with E-state index in [0.717, 1.165) is 25.2 Å². The summed E-state index contributed by atoms with van der Waals surface area (Å²) in [6.07, 6.45) is 1.13. The molecule has 3 heterocycles. The van der Waals surface area contributed by atoms with E-state index < -0.39 is 0 Å². The maximum Gasteiger partial charge on any atom is 0.292 e. The van der Waals surface area contributed by atoms with E-state index in [-0.39, 0.29) is 0 Å². The fourth-order valence-corrected chi connectivity index (χ4v) is 4.33. The van der Waals surface area contributed by atoms with E-state index in [1.807, 2.05) is 46.4 Å². The van der Waals surface area contributed by atoms with Crippen LogP contribution < -0.4 is 4.90 Å². The minimum atomic E-state index is 0.444. The number of benzene rings is 1. The second kappa shape index (κ2) is 6.03. The zero-order valence-electron chi connectivity index (χ0n) is 12.9. The van der Waals surface area contributed by atoms with Crippen LogP contribution in [-0.2, 0) is 13.1 Å². The van der Waals surface area contributed by atoms with Crippen molar-refractivity contribution >= 4 is 23.6 Å². The number of nitrogens with one attached hydrogen (secondary N) is 1. The van der Waals surface area contributed by atoms with E-state index in [4.69, 9.17) is 16.6 Å². The summed E-state index contributed by atoms with van der Waals surface area (Å²) >= 11 is 7.23. The van der Waals surface area contributed by atoms with Crippen molar-refractivity contribution in [3.63, 3.8) is 0 Å². The summed E-state index contributed by atoms with van der Waals surface area (Å²) in [5.74, 6) is 0.593. The predicted octanol–water partition coefficient (Wildman–Crippen LogP) is 3.09. The van der Waals surface area contributed by atoms with Crippen LogP contribution in [-0.4, -0.2) is 16.3 Å². The highest BCUT2D eigenvalue weighted by Crippen LogP contribution is 2.24. The smallest absolute Gasteiger partial charge is 0.292 e. The Morgan fingerprint density at radius 2 is 2.17 bits per heavy atom. The number of fused-ring (bicyclic) bond motifs is 1. The van der Waals surface area contributed by atoms with Gasteiger partial charge in [-0.25, -0.2) is 0 Å². The molecule has 3 aromatic rings. The zero-order chi connectivity index (χ0) is 15.8. The minimum Gasteiger partial charge on any atom is -0.409 e. The largest absolute Gasteiger partial charge is 0.409 e. The summed E-state index contributed by atoms with van der Waals surface area (Å²) in [5.41, 5.74) is 2.42. The van der Waals surface area contributed by atoms with Crippen LogP contribution in [0.4, 0.5) is 0 Å². The quantitative estimate of drug-likeness (QED) is 0.742. The number of hydrogen-bond donors (Lipinski definition) is 1. The molecule has 6 heteroatoms. The molecule has 0 spiro atoms. The average Bonchev–Trinajstić information content (AvgIpc) is 3.19. The average molecular weight is 344 g/mol. The molecule has 2 atom stereocenters. The lowest BCUT2D eigenvalue weighted by Gasteiger charge is -2.29. The van der Waals surface area contributed by atoms with Crippen molar-refractivity contribution in [3.8, 4) is 11.5 Å². The van der Waals surface area contributed by atoms with Gasteiger partial charge in [-0.05, 0) is 42.7 Å². The Morgan fingerprint density at radius 3 is 3.00 bits per heavy atom. The lowest BCUT2D eigenvalue weighted by Crippen LogP contribution is -3.12. The Morgan fingerprint density at radius 1 is 1.35 bits per heavy atom. The standard InChI is InChI=1S/C17H17N3OS2/c1-12-14-8-10-23-15(14)7-9-19(12)11-20-17(22)21-16(18-20)13-5-3-2-4-6-13/h2-6,8,10,12H,7,9,11H2,1H3/p+1/t12-/m0/s1. The fourth-order valence-electron chi connectivity index (χ4n) is 3.16. The Balaban J connectivity index is 1.58. The molecule has 4 nitrogen and oxygen atoms in total. The highest BCUT2D eigenvalue weighted by atomic mass is 32.1. The second-order valence-corrected chi connectivity index (χ2v) is 7.23. The predicted molar refractivity (Wildman–Crippen MR) is 93.0 cm³/mol. The molecule has 0 amide bonds. The van der Waals surface area contributed by atoms with Crippen molar-refractivity contribution in [1.29, 1.82) is 0 Å². The molecule has 1 unspecified atom stereocenters. The van der Waals surface area contributed by atoms with Gasteiger partial charge in [-0.3, -0.25) is 0 Å². The summed E-state index contributed by atoms with van der Waals surface area (Å²) in [6, 6.07) is 12.6. The van der Waals surface area contributed by atoms with E-state index >= 15 is 0 Å². The fraction of sp³-hybridized carbons (Fsp3) is 0.294. The third-order valence-electron chi connectivity index (χ3n) is 4.51. The van der Waals surface area contributed by atoms with Gasteiger partial charge >= 0.3 is 0 Å². The van der Waals surface area contributed by atoms with Crippen LogP contribution in [0.5, 0.6) is 0 Å². The number of aromatic nitrogens is 2. The molecule has 23 heavy (non-hydrogen) atoms. The topological polar surface area (TPSA) is 35.4 Å². The molecule has 1 aliphatic heterocycles. The highest BCUT2D eigenvalue weighted by Gasteiger charge is 2.29. The third-order valence-corrected chi connectivity index (χ3v) is 5.80. The monoisotopic (exact) mass is 344 g/mol. The number of rotatable bonds is 3. The van der Waals surface area contributed by atoms with Crippen molar-refractivity contribution in [2.75, 3.05) is 6.54 Å². The van der Waals surface area contributed by atoms with Crippen LogP contribution in [0.25, 0.3) is 11.5 Å². The molecule has 118 valence electrons. The Bertz CT molecular complexity index is 865. The van der Waals surface area contributed by atoms with E-state index in [1.54, 1.807) is 0 Å². The van der Waals surface area contributed by atoms with E-state index in [1.165, 1.54) is 15.3 Å². The second-order valence-electron chi connectivity index (χ2n) is 5.88. The molecule has 1 aromatic carbocycles. The maximum atomic E-state index is 5.69. The van der Waals surface area contributed by atoms with Gasteiger partial charge in [-0.2, -0.15) is 4.68 Å². The van der Waals surface area contributed by atoms with Crippen molar-refractivity contribution in [2.24, 2.45) is 0 Å². The molecule has 4 rings (SSSR count). The third kappa shape index (κ3) is 2.78. The number of nitrogens with zero attached hydrogens (tertiary/aromatic N) is 2. The van der Waals surface area contributed by atoms with Crippen LogP contribution in [0.1, 0.15) is 23.4 Å². The van der Waals surface area contributed by atoms with Gasteiger partial charge < -0.3 is 9.32 Å². The lowest BCUT2D eigenvalue weighted by molar-refractivity contribution is -0.954. The number of thiophene rings is 1. The van der Waals surface area contributed by atoms with Crippen LogP contribution in [0.2, 0.25) is 0 Å². The van der Waals surface area contributed by atoms with Gasteiger partial charge in [0.1, 0.15) is 6.04 Å². The van der Waals surface area contributed by atoms with Gasteiger partial charge in [0.2, 0.25) is 5.89 Å². The van der Waals surface area contributed by atoms with Gasteiger partial charge in [0.25, 0.3) is 4.84 Å². The maximum absolute atomic E-state index is 5.69. The first-order chi connectivity index (χ1) is 11.2. The normalized spacial score (nSPS) is 20.4. The summed E-state index contributed by atoms with van der Waals surface area (Å²) in [7, 11) is 0. The summed E-state index contributed by atoms with van der Waals surface area (Å²) < 4.78 is 7.51. The van der Waals surface area contributed by atoms with Crippen LogP contribution >= 0.6 is 23.6 Å². The molecule has 0 bridgehead atoms. The van der Waals surface area contributed by atoms with E-state index in [9.17, 15) is 0 Å². The molecule has 0 fully saturated rings. The molecule has 0 radical (unpaired) electrons. The van der Waals surface area contributed by atoms with Crippen LogP contribution in [0, 0.1) is 4.84 Å². The molecule has 2 aromatic heterocycles. The first kappa shape index (κ1) is 14.8. The van der Waals surface area contributed by atoms with Gasteiger partial charge in [0, 0.05) is 22.4 Å². The summed E-state index contributed by atoms with van der Waals surface area (Å²) in [6.45, 7) is 4.12. The van der Waals surface area contributed by atoms with E-state index in [2.05, 4.69) is 23.5 Å². The summed E-state index contributed by atoms with van der Waals surface area (Å²) in [4.78, 5) is 3.44. The van der Waals surface area contributed by atoms with Crippen molar-refractivity contribution in [1.82, 2.24) is 9.78 Å². The first-order valence-electron chi connectivity index (χ1n) is 7.76. The van der Waals surface area contributed by atoms with Crippen molar-refractivity contribution in [3.05, 3.63) is 57.1 Å². The summed E-state index contributed by atoms with van der Waals surface area (Å²) in [5, 5.41) is 6.77. The molecule has 0 aliphatic carbocycles. The Hall–Kier alpha value is -1.76. The van der Waals surface area contributed by atoms with E-state index in [0.29, 0.717) is 16.8 Å². The zero-order valence-corrected chi connectivity index (χ0v) is 14.5. The molecule has 0 saturated carbocycles. The van der Waals surface area contributed by atoms with Crippen LogP contribution in [0.15, 0.2) is 46.2 Å². The molecule has 1 N–H and O–H groups in total. The number of quaternary nitrogens is 1. The van der Waals surface area contributed by atoms with Crippen molar-refractivity contribution < 1.29 is 9.32 Å². The van der Waals surface area contributed by atoms with Gasteiger partial charge in [0.05, 0.1) is 6.54 Å². The van der Waals surface area contributed by atoms with Gasteiger partial charge in [-0.1, -0.05) is 18.2 Å². The SMILES string of the molecule is C[C@H]1c2ccsc2CC[NH+]1Cn1nc(-c2ccccc2)oc1=S. The Kier molecular flexibility index (Phi) is 3.88. The number of hydrogen-bond acceptors (Lipinski definition) is 4. The van der Waals surface area contributed by atoms with Crippen molar-refractivity contribution in [2.45, 2.75) is 26.1 Å². The molecule has 0 saturated heterocycles. The Labute approximate surface area is 144 Å². The minimum absolute atomic E-state index is 0.444. The van der Waals surface area contributed by atoms with Gasteiger partial charge in [0.15, 0.2) is 6.67 Å². The molecule has 1 aliphatic rings. The molecular weight excluding hydrogens is 326 g/mol. The van der Waals surface area contributed by atoms with Gasteiger partial charge in [-0.15, -0.1) is 16.4 Å². The highest BCUT2D eigenvalue weighted by molar-refractivity contribution is 7.71. The van der Waals surface area contributed by atoms with Crippen LogP contribution in [0.3, 0.4) is 0 Å². The lowest BCUT2D eigenvalue weighted by atomic mass is 10.0.